The summed E-state index contributed by atoms with van der Waals surface area (Å²) in [6, 6.07) is 3.45. The van der Waals surface area contributed by atoms with Crippen LogP contribution >= 0.6 is 22.6 Å². The Labute approximate surface area is 104 Å². The molecule has 0 bridgehead atoms. The topological polar surface area (TPSA) is 43.8 Å². The molecule has 0 saturated carbocycles. The van der Waals surface area contributed by atoms with E-state index in [1.54, 1.807) is 6.20 Å². The van der Waals surface area contributed by atoms with Crippen molar-refractivity contribution in [2.24, 2.45) is 0 Å². The molecule has 0 aliphatic rings. The van der Waals surface area contributed by atoms with Gasteiger partial charge in [0.2, 0.25) is 0 Å². The van der Waals surface area contributed by atoms with Crippen LogP contribution in [0.1, 0.15) is 5.56 Å². The molecular weight excluding hydrogens is 327 g/mol. The Kier molecular flexibility index (Phi) is 3.08. The van der Waals surface area contributed by atoms with E-state index in [-0.39, 0.29) is 6.54 Å². The fourth-order valence-corrected chi connectivity index (χ4v) is 1.71. The lowest BCUT2D eigenvalue weighted by Crippen LogP contribution is -2.07. The van der Waals surface area contributed by atoms with Gasteiger partial charge in [-0.1, -0.05) is 6.07 Å². The quantitative estimate of drug-likeness (QED) is 0.857. The number of nitrogen functional groups attached to an aromatic ring is 1. The Hall–Kier alpha value is -1.18. The molecule has 0 unspecified atom stereocenters. The van der Waals surface area contributed by atoms with E-state index in [4.69, 9.17) is 5.73 Å². The zero-order valence-corrected chi connectivity index (χ0v) is 10.3. The van der Waals surface area contributed by atoms with Gasteiger partial charge < -0.3 is 5.73 Å². The molecule has 84 valence electrons. The average Bonchev–Trinajstić information content (AvgIpc) is 2.54. The van der Waals surface area contributed by atoms with Gasteiger partial charge in [0.1, 0.15) is 17.5 Å². The van der Waals surface area contributed by atoms with Gasteiger partial charge in [0, 0.05) is 11.6 Å². The predicted molar refractivity (Wildman–Crippen MR) is 64.8 cm³/mol. The van der Waals surface area contributed by atoms with Crippen molar-refractivity contribution >= 4 is 28.4 Å². The highest BCUT2D eigenvalue weighted by Crippen LogP contribution is 2.16. The molecule has 0 aliphatic heterocycles. The first kappa shape index (κ1) is 11.3. The highest BCUT2D eigenvalue weighted by atomic mass is 127. The zero-order chi connectivity index (χ0) is 11.7. The zero-order valence-electron chi connectivity index (χ0n) is 8.12. The molecule has 2 aromatic rings. The molecular formula is C10H8F2IN3. The van der Waals surface area contributed by atoms with Crippen molar-refractivity contribution in [1.82, 2.24) is 9.78 Å². The standard InChI is InChI=1S/C10H8F2IN3/c11-7-2-1-6(8(12)3-7)5-16-10(14)9(13)4-15-16/h1-4H,5,14H2. The maximum atomic E-state index is 13.4. The van der Waals surface area contributed by atoms with Crippen LogP contribution in [0.2, 0.25) is 0 Å². The second kappa shape index (κ2) is 4.36. The molecule has 1 aromatic carbocycles. The summed E-state index contributed by atoms with van der Waals surface area (Å²) in [5, 5.41) is 4.00. The van der Waals surface area contributed by atoms with Gasteiger partial charge >= 0.3 is 0 Å². The summed E-state index contributed by atoms with van der Waals surface area (Å²) in [5.74, 6) is -0.710. The van der Waals surface area contributed by atoms with Crippen molar-refractivity contribution in [1.29, 1.82) is 0 Å². The predicted octanol–water partition coefficient (Wildman–Crippen LogP) is 2.40. The van der Waals surface area contributed by atoms with Gasteiger partial charge in [-0.25, -0.2) is 13.5 Å². The van der Waals surface area contributed by atoms with E-state index in [9.17, 15) is 8.78 Å². The molecule has 0 radical (unpaired) electrons. The van der Waals surface area contributed by atoms with Crippen molar-refractivity contribution in [3.05, 3.63) is 45.2 Å². The number of halogens is 3. The van der Waals surface area contributed by atoms with Crippen LogP contribution in [0, 0.1) is 15.2 Å². The molecule has 0 saturated heterocycles. The number of aromatic nitrogens is 2. The molecule has 0 atom stereocenters. The lowest BCUT2D eigenvalue weighted by molar-refractivity contribution is 0.560. The maximum Gasteiger partial charge on any atom is 0.135 e. The average molecular weight is 335 g/mol. The second-order valence-corrected chi connectivity index (χ2v) is 4.43. The van der Waals surface area contributed by atoms with Crippen LogP contribution in [0.5, 0.6) is 0 Å². The normalized spacial score (nSPS) is 10.7. The Bertz CT molecular complexity index is 525. The van der Waals surface area contributed by atoms with Gasteiger partial charge in [-0.05, 0) is 28.7 Å². The molecule has 3 nitrogen and oxygen atoms in total. The molecule has 1 aromatic heterocycles. The first-order valence-electron chi connectivity index (χ1n) is 4.48. The molecule has 0 amide bonds. The molecule has 2 rings (SSSR count). The molecule has 0 fully saturated rings. The van der Waals surface area contributed by atoms with Crippen LogP contribution < -0.4 is 5.73 Å². The Morgan fingerprint density at radius 1 is 1.38 bits per heavy atom. The highest BCUT2D eigenvalue weighted by molar-refractivity contribution is 14.1. The monoisotopic (exact) mass is 335 g/mol. The van der Waals surface area contributed by atoms with Crippen molar-refractivity contribution in [2.45, 2.75) is 6.54 Å². The van der Waals surface area contributed by atoms with Gasteiger partial charge in [-0.3, -0.25) is 0 Å². The molecule has 2 N–H and O–H groups in total. The van der Waals surface area contributed by atoms with E-state index in [0.29, 0.717) is 11.4 Å². The minimum Gasteiger partial charge on any atom is -0.383 e. The van der Waals surface area contributed by atoms with Crippen LogP contribution in [0.3, 0.4) is 0 Å². The maximum absolute atomic E-state index is 13.4. The summed E-state index contributed by atoms with van der Waals surface area (Å²) >= 11 is 2.04. The third-order valence-electron chi connectivity index (χ3n) is 2.17. The van der Waals surface area contributed by atoms with Crippen LogP contribution in [0.25, 0.3) is 0 Å². The van der Waals surface area contributed by atoms with Gasteiger partial charge in [-0.15, -0.1) is 0 Å². The molecule has 16 heavy (non-hydrogen) atoms. The first-order valence-corrected chi connectivity index (χ1v) is 5.56. The lowest BCUT2D eigenvalue weighted by atomic mass is 10.2. The molecule has 1 heterocycles. The SMILES string of the molecule is Nc1c(I)cnn1Cc1ccc(F)cc1F. The van der Waals surface area contributed by atoms with Crippen LogP contribution in [-0.2, 0) is 6.54 Å². The number of nitrogens with two attached hydrogens (primary N) is 1. The first-order chi connectivity index (χ1) is 7.58. The van der Waals surface area contributed by atoms with Crippen molar-refractivity contribution < 1.29 is 8.78 Å². The summed E-state index contributed by atoms with van der Waals surface area (Å²) in [6.45, 7) is 0.195. The third-order valence-corrected chi connectivity index (χ3v) is 3.00. The smallest absolute Gasteiger partial charge is 0.135 e. The number of nitrogens with zero attached hydrogens (tertiary/aromatic N) is 2. The highest BCUT2D eigenvalue weighted by Gasteiger charge is 2.08. The summed E-state index contributed by atoms with van der Waals surface area (Å²) in [7, 11) is 0. The van der Waals surface area contributed by atoms with Gasteiger partial charge in [0.15, 0.2) is 0 Å². The number of benzene rings is 1. The van der Waals surface area contributed by atoms with E-state index < -0.39 is 11.6 Å². The fourth-order valence-electron chi connectivity index (χ4n) is 1.31. The van der Waals surface area contributed by atoms with Crippen molar-refractivity contribution in [3.8, 4) is 0 Å². The minimum atomic E-state index is -0.593. The summed E-state index contributed by atoms with van der Waals surface area (Å²) in [4.78, 5) is 0. The lowest BCUT2D eigenvalue weighted by Gasteiger charge is -2.05. The minimum absolute atomic E-state index is 0.195. The summed E-state index contributed by atoms with van der Waals surface area (Å²) in [6.07, 6.45) is 1.59. The van der Waals surface area contributed by atoms with Gasteiger partial charge in [-0.2, -0.15) is 5.10 Å². The summed E-state index contributed by atoms with van der Waals surface area (Å²) < 4.78 is 28.3. The number of rotatable bonds is 2. The number of hydrogen-bond acceptors (Lipinski definition) is 2. The van der Waals surface area contributed by atoms with Crippen molar-refractivity contribution in [2.75, 3.05) is 5.73 Å². The second-order valence-electron chi connectivity index (χ2n) is 3.27. The van der Waals surface area contributed by atoms with E-state index in [1.165, 1.54) is 16.8 Å². The van der Waals surface area contributed by atoms with E-state index in [2.05, 4.69) is 5.10 Å². The number of anilines is 1. The molecule has 0 aliphatic carbocycles. The summed E-state index contributed by atoms with van der Waals surface area (Å²) in [5.41, 5.74) is 6.08. The Balaban J connectivity index is 2.30. The van der Waals surface area contributed by atoms with Crippen LogP contribution in [0.4, 0.5) is 14.6 Å². The molecule has 6 heteroatoms. The van der Waals surface area contributed by atoms with Gasteiger partial charge in [0.25, 0.3) is 0 Å². The van der Waals surface area contributed by atoms with E-state index in [1.807, 2.05) is 22.6 Å². The van der Waals surface area contributed by atoms with E-state index >= 15 is 0 Å². The Morgan fingerprint density at radius 3 is 2.69 bits per heavy atom. The van der Waals surface area contributed by atoms with E-state index in [0.717, 1.165) is 9.64 Å². The fraction of sp³-hybridized carbons (Fsp3) is 0.100. The molecule has 0 spiro atoms. The van der Waals surface area contributed by atoms with Crippen LogP contribution in [0.15, 0.2) is 24.4 Å². The number of hydrogen-bond donors (Lipinski definition) is 1. The van der Waals surface area contributed by atoms with Crippen molar-refractivity contribution in [3.63, 3.8) is 0 Å². The van der Waals surface area contributed by atoms with Crippen LogP contribution in [-0.4, -0.2) is 9.78 Å². The third kappa shape index (κ3) is 2.16. The Morgan fingerprint density at radius 2 is 2.12 bits per heavy atom. The van der Waals surface area contributed by atoms with Gasteiger partial charge in [0.05, 0.1) is 16.3 Å². The largest absolute Gasteiger partial charge is 0.383 e.